The van der Waals surface area contributed by atoms with Gasteiger partial charge in [-0.3, -0.25) is 4.79 Å². The van der Waals surface area contributed by atoms with Crippen molar-refractivity contribution in [1.29, 1.82) is 0 Å². The number of fused-ring (bicyclic) bond motifs is 1. The van der Waals surface area contributed by atoms with E-state index in [0.29, 0.717) is 5.92 Å². The summed E-state index contributed by atoms with van der Waals surface area (Å²) < 4.78 is 13.3. The van der Waals surface area contributed by atoms with Crippen LogP contribution in [0.2, 0.25) is 0 Å². The molecule has 1 aliphatic carbocycles. The highest BCUT2D eigenvalue weighted by molar-refractivity contribution is 5.84. The molecule has 0 saturated heterocycles. The summed E-state index contributed by atoms with van der Waals surface area (Å²) in [6.07, 6.45) is 4.09. The second-order valence-corrected chi connectivity index (χ2v) is 4.98. The third-order valence-corrected chi connectivity index (χ3v) is 3.66. The van der Waals surface area contributed by atoms with Gasteiger partial charge in [0, 0.05) is 17.1 Å². The molecule has 1 aromatic carbocycles. The molecular weight excluding hydrogens is 233 g/mol. The van der Waals surface area contributed by atoms with Crippen LogP contribution in [0.1, 0.15) is 30.7 Å². The Balaban J connectivity index is 2.05. The summed E-state index contributed by atoms with van der Waals surface area (Å²) in [5.74, 6) is -0.646. The van der Waals surface area contributed by atoms with Crippen LogP contribution < -0.4 is 0 Å². The van der Waals surface area contributed by atoms with E-state index in [-0.39, 0.29) is 18.2 Å². The number of hydrogen-bond donors (Lipinski definition) is 2. The molecule has 0 spiro atoms. The van der Waals surface area contributed by atoms with Crippen molar-refractivity contribution in [3.05, 3.63) is 35.8 Å². The van der Waals surface area contributed by atoms with Gasteiger partial charge in [0.05, 0.1) is 6.42 Å². The molecule has 1 heterocycles. The van der Waals surface area contributed by atoms with Gasteiger partial charge >= 0.3 is 5.97 Å². The number of benzene rings is 1. The number of rotatable bonds is 4. The monoisotopic (exact) mass is 247 g/mol. The largest absolute Gasteiger partial charge is 0.481 e. The number of carboxylic acid groups (broad SMARTS) is 1. The van der Waals surface area contributed by atoms with E-state index in [4.69, 9.17) is 5.11 Å². The zero-order chi connectivity index (χ0) is 12.7. The fraction of sp³-hybridized carbons (Fsp3) is 0.357. The van der Waals surface area contributed by atoms with Crippen molar-refractivity contribution in [2.75, 3.05) is 0 Å². The first kappa shape index (κ1) is 11.3. The molecule has 0 amide bonds. The Labute approximate surface area is 104 Å². The van der Waals surface area contributed by atoms with Crippen molar-refractivity contribution in [2.45, 2.75) is 25.2 Å². The van der Waals surface area contributed by atoms with E-state index in [1.165, 1.54) is 12.1 Å². The van der Waals surface area contributed by atoms with E-state index in [2.05, 4.69) is 4.98 Å². The summed E-state index contributed by atoms with van der Waals surface area (Å²) in [6, 6.07) is 4.59. The smallest absolute Gasteiger partial charge is 0.303 e. The van der Waals surface area contributed by atoms with E-state index in [9.17, 15) is 9.18 Å². The van der Waals surface area contributed by atoms with Crippen LogP contribution in [0.4, 0.5) is 4.39 Å². The maximum absolute atomic E-state index is 13.3. The molecule has 0 radical (unpaired) electrons. The highest BCUT2D eigenvalue weighted by Gasteiger charge is 2.35. The lowest BCUT2D eigenvalue weighted by atomic mass is 9.91. The molecule has 1 unspecified atom stereocenters. The third kappa shape index (κ3) is 1.98. The van der Waals surface area contributed by atoms with E-state index >= 15 is 0 Å². The zero-order valence-electron chi connectivity index (χ0n) is 9.82. The predicted molar refractivity (Wildman–Crippen MR) is 66.0 cm³/mol. The molecule has 4 heteroatoms. The van der Waals surface area contributed by atoms with Crippen LogP contribution in [0, 0.1) is 11.7 Å². The Kier molecular flexibility index (Phi) is 2.58. The first-order valence-electron chi connectivity index (χ1n) is 6.13. The Morgan fingerprint density at radius 2 is 2.28 bits per heavy atom. The van der Waals surface area contributed by atoms with E-state index in [0.717, 1.165) is 29.3 Å². The maximum Gasteiger partial charge on any atom is 0.303 e. The minimum atomic E-state index is -0.794. The number of H-pyrrole nitrogens is 1. The van der Waals surface area contributed by atoms with E-state index < -0.39 is 5.97 Å². The van der Waals surface area contributed by atoms with Crippen molar-refractivity contribution in [3.63, 3.8) is 0 Å². The molecule has 2 aromatic rings. The van der Waals surface area contributed by atoms with E-state index in [1.54, 1.807) is 6.07 Å². The first-order valence-corrected chi connectivity index (χ1v) is 6.13. The highest BCUT2D eigenvalue weighted by atomic mass is 19.1. The Bertz CT molecular complexity index is 601. The zero-order valence-corrected chi connectivity index (χ0v) is 9.82. The van der Waals surface area contributed by atoms with Gasteiger partial charge in [0.1, 0.15) is 5.82 Å². The van der Waals surface area contributed by atoms with Gasteiger partial charge in [-0.15, -0.1) is 0 Å². The lowest BCUT2D eigenvalue weighted by Gasteiger charge is -2.13. The predicted octanol–water partition coefficient (Wildman–Crippen LogP) is 3.28. The minimum absolute atomic E-state index is 0.00181. The van der Waals surface area contributed by atoms with Gasteiger partial charge in [-0.05, 0) is 48.4 Å². The molecule has 1 saturated carbocycles. The van der Waals surface area contributed by atoms with Crippen LogP contribution in [0.25, 0.3) is 10.9 Å². The van der Waals surface area contributed by atoms with Gasteiger partial charge in [0.15, 0.2) is 0 Å². The van der Waals surface area contributed by atoms with E-state index in [1.807, 2.05) is 6.20 Å². The molecule has 1 aromatic heterocycles. The number of aromatic nitrogens is 1. The fourth-order valence-corrected chi connectivity index (χ4v) is 2.64. The normalized spacial score (nSPS) is 16.9. The molecule has 2 N–H and O–H groups in total. The number of nitrogens with one attached hydrogen (secondary N) is 1. The summed E-state index contributed by atoms with van der Waals surface area (Å²) in [7, 11) is 0. The topological polar surface area (TPSA) is 53.1 Å². The van der Waals surface area contributed by atoms with Crippen LogP contribution in [0.5, 0.6) is 0 Å². The van der Waals surface area contributed by atoms with Crippen molar-refractivity contribution < 1.29 is 14.3 Å². The second kappa shape index (κ2) is 4.12. The van der Waals surface area contributed by atoms with Gasteiger partial charge in [-0.1, -0.05) is 0 Å². The van der Waals surface area contributed by atoms with Crippen LogP contribution >= 0.6 is 0 Å². The summed E-state index contributed by atoms with van der Waals surface area (Å²) in [4.78, 5) is 14.0. The van der Waals surface area contributed by atoms with Crippen LogP contribution in [-0.2, 0) is 4.79 Å². The molecular formula is C14H14FNO2. The van der Waals surface area contributed by atoms with Crippen molar-refractivity contribution in [1.82, 2.24) is 4.98 Å². The molecule has 1 aliphatic rings. The summed E-state index contributed by atoms with van der Waals surface area (Å²) in [5.41, 5.74) is 1.80. The molecule has 0 bridgehead atoms. The molecule has 0 aliphatic heterocycles. The average molecular weight is 247 g/mol. The standard InChI is InChI=1S/C14H14FNO2/c15-9-3-4-13-11(5-9)12(7-16-13)10(6-14(17)18)8-1-2-8/h3-5,7-8,10,16H,1-2,6H2,(H,17,18). The van der Waals surface area contributed by atoms with Gasteiger partial charge < -0.3 is 10.1 Å². The molecule has 94 valence electrons. The van der Waals surface area contributed by atoms with Crippen molar-refractivity contribution in [3.8, 4) is 0 Å². The Hall–Kier alpha value is -1.84. The quantitative estimate of drug-likeness (QED) is 0.871. The SMILES string of the molecule is O=C(O)CC(c1c[nH]c2ccc(F)cc12)C1CC1. The lowest BCUT2D eigenvalue weighted by molar-refractivity contribution is -0.137. The van der Waals surface area contributed by atoms with Gasteiger partial charge in [0.25, 0.3) is 0 Å². The van der Waals surface area contributed by atoms with Gasteiger partial charge in [-0.25, -0.2) is 4.39 Å². The average Bonchev–Trinajstić information content (AvgIpc) is 3.07. The Morgan fingerprint density at radius 3 is 2.94 bits per heavy atom. The molecule has 3 nitrogen and oxygen atoms in total. The number of carboxylic acids is 1. The number of aromatic amines is 1. The summed E-state index contributed by atoms with van der Waals surface area (Å²) in [5, 5.41) is 9.81. The number of aliphatic carboxylic acids is 1. The number of carbonyl (C=O) groups is 1. The molecule has 3 rings (SSSR count). The second-order valence-electron chi connectivity index (χ2n) is 4.98. The van der Waals surface area contributed by atoms with Gasteiger partial charge in [-0.2, -0.15) is 0 Å². The van der Waals surface area contributed by atoms with Gasteiger partial charge in [0.2, 0.25) is 0 Å². The fourth-order valence-electron chi connectivity index (χ4n) is 2.64. The van der Waals surface area contributed by atoms with Crippen LogP contribution in [-0.4, -0.2) is 16.1 Å². The van der Waals surface area contributed by atoms with Crippen molar-refractivity contribution >= 4 is 16.9 Å². The maximum atomic E-state index is 13.3. The van der Waals surface area contributed by atoms with Crippen LogP contribution in [0.15, 0.2) is 24.4 Å². The van der Waals surface area contributed by atoms with Crippen molar-refractivity contribution in [2.24, 2.45) is 5.92 Å². The summed E-state index contributed by atoms with van der Waals surface area (Å²) in [6.45, 7) is 0. The minimum Gasteiger partial charge on any atom is -0.481 e. The molecule has 1 fully saturated rings. The highest BCUT2D eigenvalue weighted by Crippen LogP contribution is 2.46. The number of hydrogen-bond acceptors (Lipinski definition) is 1. The summed E-state index contributed by atoms with van der Waals surface area (Å²) >= 11 is 0. The molecule has 18 heavy (non-hydrogen) atoms. The first-order chi connectivity index (χ1) is 8.65. The lowest BCUT2D eigenvalue weighted by Crippen LogP contribution is -2.07. The van der Waals surface area contributed by atoms with Crippen LogP contribution in [0.3, 0.4) is 0 Å². The third-order valence-electron chi connectivity index (χ3n) is 3.66. The molecule has 1 atom stereocenters. The number of halogens is 1. The Morgan fingerprint density at radius 1 is 1.50 bits per heavy atom.